The Hall–Kier alpha value is -1.43. The molecule has 0 aromatic carbocycles. The van der Waals surface area contributed by atoms with Gasteiger partial charge in [0.05, 0.1) is 0 Å². The van der Waals surface area contributed by atoms with Crippen molar-refractivity contribution in [2.24, 2.45) is 5.41 Å². The van der Waals surface area contributed by atoms with E-state index in [4.69, 9.17) is 0 Å². The quantitative estimate of drug-likeness (QED) is 0.783. The fourth-order valence-corrected chi connectivity index (χ4v) is 3.01. The summed E-state index contributed by atoms with van der Waals surface area (Å²) in [5.74, 6) is -0.689. The fraction of sp³-hybridized carbons (Fsp3) is 0.786. The van der Waals surface area contributed by atoms with Crippen LogP contribution in [0.25, 0.3) is 0 Å². The average molecular weight is 281 g/mol. The summed E-state index contributed by atoms with van der Waals surface area (Å²) in [4.78, 5) is 40.0. The maximum Gasteiger partial charge on any atom is 0.330 e. The Kier molecular flexibility index (Phi) is 4.42. The minimum Gasteiger partial charge on any atom is -0.308 e. The molecular formula is C14H23N3O3. The molecule has 4 amide bonds. The van der Waals surface area contributed by atoms with Crippen LogP contribution in [0.3, 0.4) is 0 Å². The molecule has 112 valence electrons. The molecule has 20 heavy (non-hydrogen) atoms. The number of hydrogen-bond acceptors (Lipinski definition) is 4. The number of amides is 4. The molecule has 1 aliphatic heterocycles. The maximum atomic E-state index is 12.7. The highest BCUT2D eigenvalue weighted by molar-refractivity contribution is 6.19. The maximum absolute atomic E-state index is 12.7. The molecule has 0 radical (unpaired) electrons. The number of barbiturate groups is 1. The second-order valence-electron chi connectivity index (χ2n) is 6.02. The predicted molar refractivity (Wildman–Crippen MR) is 73.9 cm³/mol. The summed E-state index contributed by atoms with van der Waals surface area (Å²) in [5, 5.41) is 2.38. The van der Waals surface area contributed by atoms with Gasteiger partial charge in [-0.15, -0.1) is 0 Å². The molecule has 6 heteroatoms. The predicted octanol–water partition coefficient (Wildman–Crippen LogP) is 0.967. The van der Waals surface area contributed by atoms with E-state index in [0.29, 0.717) is 25.9 Å². The van der Waals surface area contributed by atoms with Crippen molar-refractivity contribution in [2.45, 2.75) is 38.5 Å². The number of hydrogen-bond donors (Lipinski definition) is 1. The van der Waals surface area contributed by atoms with Gasteiger partial charge in [-0.3, -0.25) is 19.8 Å². The van der Waals surface area contributed by atoms with Crippen molar-refractivity contribution in [2.75, 3.05) is 27.2 Å². The van der Waals surface area contributed by atoms with Crippen LogP contribution in [0.4, 0.5) is 4.79 Å². The lowest BCUT2D eigenvalue weighted by Gasteiger charge is -2.39. The molecular weight excluding hydrogens is 258 g/mol. The van der Waals surface area contributed by atoms with Crippen LogP contribution < -0.4 is 5.32 Å². The lowest BCUT2D eigenvalue weighted by atomic mass is 9.77. The van der Waals surface area contributed by atoms with Gasteiger partial charge in [-0.25, -0.2) is 4.79 Å². The van der Waals surface area contributed by atoms with Crippen LogP contribution in [0.1, 0.15) is 38.5 Å². The Labute approximate surface area is 119 Å². The molecule has 2 rings (SSSR count). The largest absolute Gasteiger partial charge is 0.330 e. The second-order valence-corrected chi connectivity index (χ2v) is 6.02. The standard InChI is InChI=1S/C14H23N3O3/c1-16(2)9-10-17-12(19)14(11(18)15-13(17)20)7-5-3-4-6-8-14/h3-10H2,1-2H3,(H,15,18,20). The van der Waals surface area contributed by atoms with Gasteiger partial charge < -0.3 is 4.90 Å². The van der Waals surface area contributed by atoms with Crippen LogP contribution >= 0.6 is 0 Å². The van der Waals surface area contributed by atoms with Crippen molar-refractivity contribution in [3.63, 3.8) is 0 Å². The Morgan fingerprint density at radius 3 is 2.25 bits per heavy atom. The van der Waals surface area contributed by atoms with Gasteiger partial charge in [-0.2, -0.15) is 0 Å². The van der Waals surface area contributed by atoms with Gasteiger partial charge in [0.15, 0.2) is 0 Å². The Morgan fingerprint density at radius 1 is 1.10 bits per heavy atom. The highest BCUT2D eigenvalue weighted by atomic mass is 16.2. The Bertz CT molecular complexity index is 412. The lowest BCUT2D eigenvalue weighted by molar-refractivity contribution is -0.152. The van der Waals surface area contributed by atoms with Crippen LogP contribution in [0.15, 0.2) is 0 Å². The number of carbonyl (C=O) groups excluding carboxylic acids is 3. The number of urea groups is 1. The van der Waals surface area contributed by atoms with E-state index in [1.54, 1.807) is 0 Å². The van der Waals surface area contributed by atoms with Crippen LogP contribution in [-0.2, 0) is 9.59 Å². The summed E-state index contributed by atoms with van der Waals surface area (Å²) < 4.78 is 0. The normalized spacial score (nSPS) is 23.1. The van der Waals surface area contributed by atoms with E-state index in [2.05, 4.69) is 5.32 Å². The highest BCUT2D eigenvalue weighted by Gasteiger charge is 2.53. The minimum atomic E-state index is -1.00. The minimum absolute atomic E-state index is 0.296. The van der Waals surface area contributed by atoms with Crippen LogP contribution in [0.2, 0.25) is 0 Å². The van der Waals surface area contributed by atoms with Gasteiger partial charge >= 0.3 is 6.03 Å². The van der Waals surface area contributed by atoms with Crippen molar-refractivity contribution in [1.82, 2.24) is 15.1 Å². The molecule has 1 heterocycles. The summed E-state index contributed by atoms with van der Waals surface area (Å²) in [7, 11) is 3.78. The first kappa shape index (κ1) is 15.0. The summed E-state index contributed by atoms with van der Waals surface area (Å²) in [6.45, 7) is 0.927. The first-order chi connectivity index (χ1) is 9.47. The summed E-state index contributed by atoms with van der Waals surface area (Å²) in [5.41, 5.74) is -1.00. The van der Waals surface area contributed by atoms with E-state index >= 15 is 0 Å². The molecule has 0 aromatic heterocycles. The van der Waals surface area contributed by atoms with Crippen LogP contribution in [0.5, 0.6) is 0 Å². The van der Waals surface area contributed by atoms with E-state index < -0.39 is 17.4 Å². The molecule has 0 aromatic rings. The number of imide groups is 2. The van der Waals surface area contributed by atoms with Crippen molar-refractivity contribution in [1.29, 1.82) is 0 Å². The number of carbonyl (C=O) groups is 3. The van der Waals surface area contributed by atoms with Crippen molar-refractivity contribution in [3.8, 4) is 0 Å². The Morgan fingerprint density at radius 2 is 1.70 bits per heavy atom. The molecule has 2 aliphatic rings. The third-order valence-electron chi connectivity index (χ3n) is 4.28. The van der Waals surface area contributed by atoms with Crippen molar-refractivity contribution >= 4 is 17.8 Å². The van der Waals surface area contributed by atoms with Gasteiger partial charge in [0.1, 0.15) is 5.41 Å². The zero-order valence-corrected chi connectivity index (χ0v) is 12.3. The van der Waals surface area contributed by atoms with Crippen LogP contribution in [0, 0.1) is 5.41 Å². The zero-order chi connectivity index (χ0) is 14.8. The molecule has 1 saturated heterocycles. The molecule has 0 bridgehead atoms. The lowest BCUT2D eigenvalue weighted by Crippen LogP contribution is -2.64. The van der Waals surface area contributed by atoms with E-state index in [1.165, 1.54) is 4.90 Å². The summed E-state index contributed by atoms with van der Waals surface area (Å²) in [6.07, 6.45) is 4.96. The average Bonchev–Trinajstić information content (AvgIpc) is 2.63. The summed E-state index contributed by atoms with van der Waals surface area (Å²) in [6, 6.07) is -0.572. The zero-order valence-electron chi connectivity index (χ0n) is 12.3. The van der Waals surface area contributed by atoms with Gasteiger partial charge in [0.25, 0.3) is 0 Å². The van der Waals surface area contributed by atoms with E-state index in [0.717, 1.165) is 25.7 Å². The van der Waals surface area contributed by atoms with Gasteiger partial charge in [0, 0.05) is 13.1 Å². The summed E-state index contributed by atoms with van der Waals surface area (Å²) >= 11 is 0. The molecule has 1 N–H and O–H groups in total. The third kappa shape index (κ3) is 2.70. The second kappa shape index (κ2) is 5.91. The molecule has 6 nitrogen and oxygen atoms in total. The van der Waals surface area contributed by atoms with E-state index in [-0.39, 0.29) is 5.91 Å². The first-order valence-electron chi connectivity index (χ1n) is 7.29. The van der Waals surface area contributed by atoms with Gasteiger partial charge in [-0.05, 0) is 26.9 Å². The number of nitrogens with zero attached hydrogens (tertiary/aromatic N) is 2. The van der Waals surface area contributed by atoms with Crippen molar-refractivity contribution < 1.29 is 14.4 Å². The Balaban J connectivity index is 2.21. The smallest absolute Gasteiger partial charge is 0.308 e. The van der Waals surface area contributed by atoms with Crippen molar-refractivity contribution in [3.05, 3.63) is 0 Å². The number of rotatable bonds is 3. The molecule has 1 spiro atoms. The van der Waals surface area contributed by atoms with Gasteiger partial charge in [0.2, 0.25) is 11.8 Å². The molecule has 0 unspecified atom stereocenters. The SMILES string of the molecule is CN(C)CCN1C(=O)NC(=O)C2(CCCCCC2)C1=O. The third-order valence-corrected chi connectivity index (χ3v) is 4.28. The van der Waals surface area contributed by atoms with Crippen LogP contribution in [-0.4, -0.2) is 54.8 Å². The van der Waals surface area contributed by atoms with Gasteiger partial charge in [-0.1, -0.05) is 25.7 Å². The molecule has 1 saturated carbocycles. The molecule has 2 fully saturated rings. The highest BCUT2D eigenvalue weighted by Crippen LogP contribution is 2.38. The molecule has 1 aliphatic carbocycles. The number of nitrogens with one attached hydrogen (secondary N) is 1. The first-order valence-corrected chi connectivity index (χ1v) is 7.29. The molecule has 0 atom stereocenters. The fourth-order valence-electron chi connectivity index (χ4n) is 3.01. The van der Waals surface area contributed by atoms with E-state index in [1.807, 2.05) is 19.0 Å². The monoisotopic (exact) mass is 281 g/mol. The van der Waals surface area contributed by atoms with E-state index in [9.17, 15) is 14.4 Å². The topological polar surface area (TPSA) is 69.7 Å². The number of likely N-dealkylation sites (N-methyl/N-ethyl adjacent to an activating group) is 1.